The minimum Gasteiger partial charge on any atom is -0.369 e. The van der Waals surface area contributed by atoms with Gasteiger partial charge in [-0.05, 0) is 26.3 Å². The molecule has 4 nitrogen and oxygen atoms in total. The summed E-state index contributed by atoms with van der Waals surface area (Å²) in [5.41, 5.74) is 0. The highest BCUT2D eigenvalue weighted by Gasteiger charge is 2.16. The number of nitrogens with zero attached hydrogens (tertiary/aromatic N) is 3. The van der Waals surface area contributed by atoms with Crippen molar-refractivity contribution < 1.29 is 0 Å². The van der Waals surface area contributed by atoms with Crippen molar-refractivity contribution in [2.24, 2.45) is 5.92 Å². The molecule has 1 unspecified atom stereocenters. The van der Waals surface area contributed by atoms with E-state index in [0.29, 0.717) is 28.2 Å². The third-order valence-electron chi connectivity index (χ3n) is 2.85. The van der Waals surface area contributed by atoms with Gasteiger partial charge in [0, 0.05) is 19.6 Å². The lowest BCUT2D eigenvalue weighted by atomic mass is 10.2. The lowest BCUT2D eigenvalue weighted by Gasteiger charge is -2.25. The molecule has 0 amide bonds. The second-order valence-corrected chi connectivity index (χ2v) is 5.43. The van der Waals surface area contributed by atoms with E-state index in [1.54, 1.807) is 6.07 Å². The first-order chi connectivity index (χ1) is 9.53. The average Bonchev–Trinajstić information content (AvgIpc) is 2.44. The van der Waals surface area contributed by atoms with Gasteiger partial charge < -0.3 is 10.2 Å². The number of hydrogen-bond acceptors (Lipinski definition) is 4. The van der Waals surface area contributed by atoms with E-state index >= 15 is 0 Å². The standard InChI is InChI=1S/C14H20Cl2N4/c1-4-6-18-13-11(15)7-12(16)14(19-13)20(5-2)9-10(3)8-17/h7,10H,4-6,9H2,1-3H3,(H,18,19). The maximum absolute atomic E-state index is 8.95. The van der Waals surface area contributed by atoms with E-state index in [1.165, 1.54) is 0 Å². The molecule has 1 atom stereocenters. The smallest absolute Gasteiger partial charge is 0.149 e. The van der Waals surface area contributed by atoms with E-state index in [2.05, 4.69) is 23.3 Å². The maximum atomic E-state index is 8.95. The van der Waals surface area contributed by atoms with Gasteiger partial charge in [0.2, 0.25) is 0 Å². The monoisotopic (exact) mass is 314 g/mol. The highest BCUT2D eigenvalue weighted by atomic mass is 35.5. The second-order valence-electron chi connectivity index (χ2n) is 4.62. The minimum absolute atomic E-state index is 0.0875. The van der Waals surface area contributed by atoms with Gasteiger partial charge in [-0.2, -0.15) is 5.26 Å². The van der Waals surface area contributed by atoms with Crippen LogP contribution in [0.5, 0.6) is 0 Å². The van der Waals surface area contributed by atoms with E-state index in [1.807, 2.05) is 18.7 Å². The Bertz CT molecular complexity index is 485. The van der Waals surface area contributed by atoms with Crippen LogP contribution in [0.25, 0.3) is 0 Å². The minimum atomic E-state index is -0.0875. The lowest BCUT2D eigenvalue weighted by Crippen LogP contribution is -2.29. The van der Waals surface area contributed by atoms with Gasteiger partial charge in [-0.1, -0.05) is 30.1 Å². The average molecular weight is 315 g/mol. The van der Waals surface area contributed by atoms with Crippen molar-refractivity contribution in [2.45, 2.75) is 27.2 Å². The molecule has 0 saturated heterocycles. The highest BCUT2D eigenvalue weighted by Crippen LogP contribution is 2.31. The fraction of sp³-hybridized carbons (Fsp3) is 0.571. The molecule has 1 N–H and O–H groups in total. The molecule has 20 heavy (non-hydrogen) atoms. The molecule has 1 rings (SSSR count). The number of aromatic nitrogens is 1. The van der Waals surface area contributed by atoms with Crippen LogP contribution in [-0.4, -0.2) is 24.6 Å². The van der Waals surface area contributed by atoms with Crippen LogP contribution in [-0.2, 0) is 0 Å². The Balaban J connectivity index is 3.05. The Morgan fingerprint density at radius 2 is 2.10 bits per heavy atom. The molecule has 0 radical (unpaired) electrons. The zero-order valence-corrected chi connectivity index (χ0v) is 13.6. The number of hydrogen-bond donors (Lipinski definition) is 1. The molecule has 0 aliphatic heterocycles. The van der Waals surface area contributed by atoms with Crippen LogP contribution in [0.2, 0.25) is 10.0 Å². The van der Waals surface area contributed by atoms with Crippen molar-refractivity contribution in [1.29, 1.82) is 5.26 Å². The van der Waals surface area contributed by atoms with E-state index in [4.69, 9.17) is 28.5 Å². The summed E-state index contributed by atoms with van der Waals surface area (Å²) in [5, 5.41) is 13.1. The van der Waals surface area contributed by atoms with E-state index in [0.717, 1.165) is 19.5 Å². The largest absolute Gasteiger partial charge is 0.369 e. The van der Waals surface area contributed by atoms with Crippen LogP contribution in [0.15, 0.2) is 6.07 Å². The SMILES string of the molecule is CCCNc1nc(N(CC)CC(C)C#N)c(Cl)cc1Cl. The number of nitriles is 1. The van der Waals surface area contributed by atoms with Gasteiger partial charge in [0.05, 0.1) is 22.0 Å². The molecular formula is C14H20Cl2N4. The zero-order chi connectivity index (χ0) is 15.1. The van der Waals surface area contributed by atoms with E-state index in [9.17, 15) is 0 Å². The highest BCUT2D eigenvalue weighted by molar-refractivity contribution is 6.37. The van der Waals surface area contributed by atoms with Gasteiger partial charge >= 0.3 is 0 Å². The number of nitrogens with one attached hydrogen (secondary N) is 1. The van der Waals surface area contributed by atoms with Gasteiger partial charge in [0.25, 0.3) is 0 Å². The predicted octanol–water partition coefficient (Wildman–Crippen LogP) is 4.20. The lowest BCUT2D eigenvalue weighted by molar-refractivity contribution is 0.680. The van der Waals surface area contributed by atoms with Crippen molar-refractivity contribution in [1.82, 2.24) is 4.98 Å². The number of anilines is 2. The Labute approximate surface area is 130 Å². The Hall–Kier alpha value is -1.18. The van der Waals surface area contributed by atoms with Crippen LogP contribution in [0.4, 0.5) is 11.6 Å². The third kappa shape index (κ3) is 4.43. The maximum Gasteiger partial charge on any atom is 0.149 e. The molecule has 0 saturated carbocycles. The third-order valence-corrected chi connectivity index (χ3v) is 3.42. The first-order valence-electron chi connectivity index (χ1n) is 6.77. The molecule has 0 fully saturated rings. The molecule has 0 aliphatic carbocycles. The fourth-order valence-corrected chi connectivity index (χ4v) is 2.33. The summed E-state index contributed by atoms with van der Waals surface area (Å²) in [6, 6.07) is 3.92. The summed E-state index contributed by atoms with van der Waals surface area (Å²) in [6.45, 7) is 8.08. The zero-order valence-electron chi connectivity index (χ0n) is 12.1. The van der Waals surface area contributed by atoms with Gasteiger partial charge in [0.15, 0.2) is 0 Å². The molecule has 110 valence electrons. The number of halogens is 2. The summed E-state index contributed by atoms with van der Waals surface area (Å²) >= 11 is 12.4. The van der Waals surface area contributed by atoms with Crippen LogP contribution >= 0.6 is 23.2 Å². The van der Waals surface area contributed by atoms with Crippen molar-refractivity contribution in [3.63, 3.8) is 0 Å². The van der Waals surface area contributed by atoms with E-state index < -0.39 is 0 Å². The van der Waals surface area contributed by atoms with Crippen LogP contribution in [0.3, 0.4) is 0 Å². The summed E-state index contributed by atoms with van der Waals surface area (Å²) in [7, 11) is 0. The molecule has 0 aliphatic rings. The summed E-state index contributed by atoms with van der Waals surface area (Å²) in [5.74, 6) is 1.21. The quantitative estimate of drug-likeness (QED) is 0.819. The Morgan fingerprint density at radius 3 is 2.65 bits per heavy atom. The molecular weight excluding hydrogens is 295 g/mol. The summed E-state index contributed by atoms with van der Waals surface area (Å²) in [6.07, 6.45) is 0.985. The molecule has 0 bridgehead atoms. The molecule has 1 heterocycles. The van der Waals surface area contributed by atoms with Crippen molar-refractivity contribution >= 4 is 34.8 Å². The molecule has 0 spiro atoms. The normalized spacial score (nSPS) is 11.8. The van der Waals surface area contributed by atoms with E-state index in [-0.39, 0.29) is 5.92 Å². The van der Waals surface area contributed by atoms with Crippen LogP contribution in [0, 0.1) is 17.2 Å². The van der Waals surface area contributed by atoms with Crippen LogP contribution < -0.4 is 10.2 Å². The van der Waals surface area contributed by atoms with Gasteiger partial charge in [-0.3, -0.25) is 0 Å². The molecule has 1 aromatic heterocycles. The molecule has 0 aromatic carbocycles. The number of pyridine rings is 1. The fourth-order valence-electron chi connectivity index (χ4n) is 1.78. The topological polar surface area (TPSA) is 52.0 Å². The second kappa shape index (κ2) is 8.18. The van der Waals surface area contributed by atoms with Crippen molar-refractivity contribution in [3.05, 3.63) is 16.1 Å². The van der Waals surface area contributed by atoms with Crippen LogP contribution in [0.1, 0.15) is 27.2 Å². The predicted molar refractivity (Wildman–Crippen MR) is 85.7 cm³/mol. The number of rotatable bonds is 7. The molecule has 6 heteroatoms. The first kappa shape index (κ1) is 16.9. The first-order valence-corrected chi connectivity index (χ1v) is 7.53. The summed E-state index contributed by atoms with van der Waals surface area (Å²) in [4.78, 5) is 6.50. The van der Waals surface area contributed by atoms with Gasteiger partial charge in [-0.25, -0.2) is 4.98 Å². The summed E-state index contributed by atoms with van der Waals surface area (Å²) < 4.78 is 0. The Morgan fingerprint density at radius 1 is 1.40 bits per heavy atom. The van der Waals surface area contributed by atoms with Gasteiger partial charge in [-0.15, -0.1) is 0 Å². The van der Waals surface area contributed by atoms with Crippen molar-refractivity contribution in [3.8, 4) is 6.07 Å². The molecule has 1 aromatic rings. The Kier molecular flexibility index (Phi) is 6.90. The van der Waals surface area contributed by atoms with Crippen molar-refractivity contribution in [2.75, 3.05) is 29.9 Å². The van der Waals surface area contributed by atoms with Gasteiger partial charge in [0.1, 0.15) is 11.6 Å².